The van der Waals surface area contributed by atoms with Crippen molar-refractivity contribution in [1.82, 2.24) is 8.61 Å². The summed E-state index contributed by atoms with van der Waals surface area (Å²) in [6, 6.07) is 22.5. The number of ether oxygens (including phenoxy) is 2. The maximum Gasteiger partial charge on any atom is 0.647 e. The summed E-state index contributed by atoms with van der Waals surface area (Å²) < 4.78 is 113. The van der Waals surface area contributed by atoms with Crippen molar-refractivity contribution >= 4 is 27.9 Å². The minimum Gasteiger partial charge on any atom is -0.386 e. The van der Waals surface area contributed by atoms with Gasteiger partial charge in [0.2, 0.25) is 20.0 Å². The predicted octanol–water partition coefficient (Wildman–Crippen LogP) is 12.8. The number of para-hydroxylation sites is 1. The number of fused-ring (bicyclic) bond motifs is 3. The molecule has 3 aliphatic heterocycles. The van der Waals surface area contributed by atoms with Gasteiger partial charge in [-0.2, -0.15) is 13.2 Å². The van der Waals surface area contributed by atoms with Gasteiger partial charge in [-0.15, -0.1) is 0 Å². The third-order valence-corrected chi connectivity index (χ3v) is 19.1. The highest BCUT2D eigenvalue weighted by Crippen LogP contribution is 2.62. The molecule has 12 nitrogen and oxygen atoms in total. The largest absolute Gasteiger partial charge is 0.647 e. The Morgan fingerprint density at radius 1 is 0.580 bits per heavy atom. The third-order valence-electron chi connectivity index (χ3n) is 13.5. The molecule has 0 spiro atoms. The molecule has 8 rings (SSSR count). The molecular weight excluding hydrogens is 932 g/mol. The summed E-state index contributed by atoms with van der Waals surface area (Å²) in [5.74, 6) is 0.278. The van der Waals surface area contributed by atoms with Gasteiger partial charge in [-0.3, -0.25) is 0 Å². The summed E-state index contributed by atoms with van der Waals surface area (Å²) in [5, 5.41) is 0. The van der Waals surface area contributed by atoms with Gasteiger partial charge in [-0.1, -0.05) is 109 Å². The van der Waals surface area contributed by atoms with Crippen molar-refractivity contribution in [3.63, 3.8) is 0 Å². The van der Waals surface area contributed by atoms with Gasteiger partial charge in [0, 0.05) is 22.3 Å². The molecule has 0 bridgehead atoms. The van der Waals surface area contributed by atoms with Gasteiger partial charge < -0.3 is 23.0 Å². The van der Waals surface area contributed by atoms with Crippen molar-refractivity contribution in [1.29, 1.82) is 0 Å². The van der Waals surface area contributed by atoms with Crippen molar-refractivity contribution < 1.29 is 44.4 Å². The van der Waals surface area contributed by atoms with E-state index < -0.39 is 63.2 Å². The van der Waals surface area contributed by atoms with E-state index in [1.165, 1.54) is 8.61 Å². The van der Waals surface area contributed by atoms with Crippen LogP contribution in [0, 0.1) is 41.5 Å². The highest BCUT2D eigenvalue weighted by Gasteiger charge is 2.51. The first-order valence-electron chi connectivity index (χ1n) is 23.8. The van der Waals surface area contributed by atoms with Gasteiger partial charge in [0.15, 0.2) is 12.5 Å². The fourth-order valence-electron chi connectivity index (χ4n) is 10.2. The Morgan fingerprint density at radius 3 is 1.28 bits per heavy atom. The average Bonchev–Trinajstić information content (AvgIpc) is 3.85. The van der Waals surface area contributed by atoms with Crippen LogP contribution in [-0.4, -0.2) is 50.7 Å². The van der Waals surface area contributed by atoms with E-state index in [-0.39, 0.29) is 40.3 Å². The fraction of sp³-hybridized carbons (Fsp3) is 0.444. The van der Waals surface area contributed by atoms with Crippen molar-refractivity contribution in [3.05, 3.63) is 134 Å². The second kappa shape index (κ2) is 18.3. The predicted molar refractivity (Wildman–Crippen MR) is 270 cm³/mol. The maximum absolute atomic E-state index is 15.9. The lowest BCUT2D eigenvalue weighted by Gasteiger charge is -2.31. The first-order valence-corrected chi connectivity index (χ1v) is 28.1. The normalized spacial score (nSPS) is 21.0. The summed E-state index contributed by atoms with van der Waals surface area (Å²) >= 11 is 0. The standard InChI is InChI=1S/C54H67N2O10PS2/c1-15-40-30-62-51(55(40)68(58,59)49-34(5)22-32(3)23-35(49)6)45-28-38(53(9,10)11)26-43-44-27-39(54(12,13)14)29-46(48(44)66-67(57,65-47(43)45)64-42-20-18-17-19-21-42)52-56(41(16-2)31-63-52)69(60,61)50-36(7)24-33(4)25-37(50)8/h17-29,40-41,51-52H,15-16,30-31H2,1-14H3/t40-,41-,51-,52-/m1/s1. The van der Waals surface area contributed by atoms with E-state index in [9.17, 15) is 0 Å². The maximum atomic E-state index is 15.9. The van der Waals surface area contributed by atoms with E-state index in [1.54, 1.807) is 58.0 Å². The SMILES string of the molecule is CC[C@@H]1CO[C@H](c2cc(C(C)(C)C)cc3c2OP(=O)(Oc2ccccc2)Oc2c-3cc(C(C)(C)C)cc2[C@H]2OC[C@@H](CC)N2S(=O)(=O)c2c(C)cc(C)cc2C)N1S(=O)(=O)c1c(C)cc(C)cc1C. The number of nitrogens with zero attached hydrogens (tertiary/aromatic N) is 2. The van der Waals surface area contributed by atoms with E-state index in [0.29, 0.717) is 57.3 Å². The molecule has 0 unspecified atom stereocenters. The monoisotopic (exact) mass is 998 g/mol. The van der Waals surface area contributed by atoms with Crippen molar-refractivity contribution in [2.75, 3.05) is 13.2 Å². The second-order valence-corrected chi connectivity index (χ2v) is 26.0. The van der Waals surface area contributed by atoms with Gasteiger partial charge in [0.05, 0.1) is 35.1 Å². The zero-order valence-electron chi connectivity index (χ0n) is 42.4. The van der Waals surface area contributed by atoms with Crippen LogP contribution < -0.4 is 13.6 Å². The molecule has 370 valence electrons. The van der Waals surface area contributed by atoms with E-state index in [1.807, 2.05) is 76.2 Å². The molecular formula is C54H67N2O10PS2. The van der Waals surface area contributed by atoms with Gasteiger partial charge >= 0.3 is 7.82 Å². The lowest BCUT2D eigenvalue weighted by atomic mass is 9.80. The second-order valence-electron chi connectivity index (χ2n) is 21.0. The Morgan fingerprint density at radius 2 is 0.942 bits per heavy atom. The molecule has 3 heterocycles. The number of phosphoric ester groups is 1. The zero-order valence-corrected chi connectivity index (χ0v) is 44.9. The Balaban J connectivity index is 1.45. The zero-order chi connectivity index (χ0) is 50.3. The summed E-state index contributed by atoms with van der Waals surface area (Å²) in [4.78, 5) is 0.398. The van der Waals surface area contributed by atoms with Crippen LogP contribution in [0.1, 0.15) is 136 Å². The highest BCUT2D eigenvalue weighted by molar-refractivity contribution is 7.89. The third kappa shape index (κ3) is 9.31. The summed E-state index contributed by atoms with van der Waals surface area (Å²) in [7, 11) is -13.4. The van der Waals surface area contributed by atoms with E-state index in [2.05, 4.69) is 41.5 Å². The number of rotatable bonds is 10. The molecule has 69 heavy (non-hydrogen) atoms. The molecule has 2 fully saturated rings. The molecule has 0 aromatic heterocycles. The average molecular weight is 999 g/mol. The number of phosphoric acid groups is 1. The van der Waals surface area contributed by atoms with E-state index in [0.717, 1.165) is 22.3 Å². The van der Waals surface area contributed by atoms with Crippen LogP contribution in [0.5, 0.6) is 17.2 Å². The Hall–Kier alpha value is -4.53. The van der Waals surface area contributed by atoms with Crippen molar-refractivity contribution in [3.8, 4) is 28.4 Å². The van der Waals surface area contributed by atoms with Crippen molar-refractivity contribution in [2.24, 2.45) is 0 Å². The Labute approximate surface area is 410 Å². The Bertz CT molecular complexity index is 2870. The number of sulfonamides is 2. The summed E-state index contributed by atoms with van der Waals surface area (Å²) in [6.07, 6.45) is -1.58. The molecule has 0 amide bonds. The van der Waals surface area contributed by atoms with E-state index in [4.69, 9.17) is 23.0 Å². The molecule has 0 saturated carbocycles. The number of aryl methyl sites for hydroxylation is 6. The van der Waals surface area contributed by atoms with Crippen LogP contribution in [0.2, 0.25) is 0 Å². The number of benzene rings is 5. The van der Waals surface area contributed by atoms with Crippen LogP contribution in [0.15, 0.2) is 88.7 Å². The fourth-order valence-corrected chi connectivity index (χ4v) is 15.9. The smallest absolute Gasteiger partial charge is 0.386 e. The van der Waals surface area contributed by atoms with Gasteiger partial charge in [0.1, 0.15) is 17.2 Å². The first-order chi connectivity index (χ1) is 32.2. The lowest BCUT2D eigenvalue weighted by Crippen LogP contribution is -2.39. The van der Waals surface area contributed by atoms with Crippen LogP contribution in [0.4, 0.5) is 0 Å². The van der Waals surface area contributed by atoms with Gasteiger partial charge in [-0.05, 0) is 135 Å². The van der Waals surface area contributed by atoms with Crippen LogP contribution in [0.3, 0.4) is 0 Å². The Kier molecular flexibility index (Phi) is 13.5. The number of hydrogen-bond donors (Lipinski definition) is 0. The molecule has 4 atom stereocenters. The minimum atomic E-state index is -4.86. The van der Waals surface area contributed by atoms with Crippen molar-refractivity contribution in [2.45, 2.75) is 155 Å². The van der Waals surface area contributed by atoms with Gasteiger partial charge in [0.25, 0.3) is 0 Å². The molecule has 2 saturated heterocycles. The molecule has 15 heteroatoms. The molecule has 0 radical (unpaired) electrons. The lowest BCUT2D eigenvalue weighted by molar-refractivity contribution is 0.0661. The van der Waals surface area contributed by atoms with Crippen LogP contribution in [0.25, 0.3) is 11.1 Å². The summed E-state index contributed by atoms with van der Waals surface area (Å²) in [6.45, 7) is 27.5. The first kappa shape index (κ1) is 50.8. The molecule has 5 aromatic rings. The van der Waals surface area contributed by atoms with E-state index >= 15 is 21.4 Å². The highest BCUT2D eigenvalue weighted by atomic mass is 32.2. The molecule has 0 N–H and O–H groups in total. The quantitative estimate of drug-likeness (QED) is 0.124. The molecule has 3 aliphatic rings. The topological polar surface area (TPSA) is 138 Å². The summed E-state index contributed by atoms with van der Waals surface area (Å²) in [5.41, 5.74) is 6.37. The van der Waals surface area contributed by atoms with Crippen LogP contribution in [-0.2, 0) is 44.9 Å². The number of hydrogen-bond acceptors (Lipinski definition) is 10. The molecule has 5 aromatic carbocycles. The van der Waals surface area contributed by atoms with Gasteiger partial charge in [-0.25, -0.2) is 16.8 Å². The minimum absolute atomic E-state index is 0.0477. The molecule has 0 aliphatic carbocycles. The van der Waals surface area contributed by atoms with Crippen LogP contribution >= 0.6 is 7.82 Å².